The van der Waals surface area contributed by atoms with Crippen LogP contribution in [-0.4, -0.2) is 13.2 Å². The van der Waals surface area contributed by atoms with E-state index in [0.29, 0.717) is 0 Å². The standard InChI is InChI=1S/C2H4Cl2N3OPS/c3-9(4,10)8-2-1-6-7-5/h1-2H2. The summed E-state index contributed by atoms with van der Waals surface area (Å²) >= 11 is 15.2. The number of nitrogens with zero attached hydrogens (tertiary/aromatic N) is 3. The van der Waals surface area contributed by atoms with Gasteiger partial charge < -0.3 is 4.52 Å². The summed E-state index contributed by atoms with van der Waals surface area (Å²) in [5.74, 6) is 0. The van der Waals surface area contributed by atoms with Crippen LogP contribution in [0.4, 0.5) is 0 Å². The highest BCUT2D eigenvalue weighted by Gasteiger charge is 2.06. The third kappa shape index (κ3) is 8.50. The number of halogens is 2. The van der Waals surface area contributed by atoms with Crippen LogP contribution in [0.2, 0.25) is 0 Å². The van der Waals surface area contributed by atoms with Crippen molar-refractivity contribution in [3.8, 4) is 0 Å². The van der Waals surface area contributed by atoms with Gasteiger partial charge in [-0.1, -0.05) is 5.11 Å². The van der Waals surface area contributed by atoms with Crippen molar-refractivity contribution in [2.45, 2.75) is 0 Å². The van der Waals surface area contributed by atoms with Gasteiger partial charge in [0.15, 0.2) is 0 Å². The minimum absolute atomic E-state index is 0.175. The first-order valence-electron chi connectivity index (χ1n) is 2.21. The second kappa shape index (κ2) is 5.19. The molecule has 8 heteroatoms. The fraction of sp³-hybridized carbons (Fsp3) is 1.00. The van der Waals surface area contributed by atoms with Crippen molar-refractivity contribution in [3.05, 3.63) is 10.4 Å². The summed E-state index contributed by atoms with van der Waals surface area (Å²) in [5, 5.41) is 3.18. The lowest BCUT2D eigenvalue weighted by atomic mass is 10.8. The highest BCUT2D eigenvalue weighted by Crippen LogP contribution is 2.57. The van der Waals surface area contributed by atoms with Crippen LogP contribution in [0, 0.1) is 0 Å². The summed E-state index contributed by atoms with van der Waals surface area (Å²) in [5.41, 5.74) is 7.82. The number of rotatable bonds is 4. The quantitative estimate of drug-likeness (QED) is 0.240. The van der Waals surface area contributed by atoms with Crippen molar-refractivity contribution in [1.82, 2.24) is 0 Å². The van der Waals surface area contributed by atoms with Crippen molar-refractivity contribution in [3.63, 3.8) is 0 Å². The van der Waals surface area contributed by atoms with E-state index in [1.807, 2.05) is 0 Å². The van der Waals surface area contributed by atoms with Gasteiger partial charge in [-0.3, -0.25) is 0 Å². The fourth-order valence-electron chi connectivity index (χ4n) is 0.233. The third-order valence-electron chi connectivity index (χ3n) is 0.496. The molecular weight excluding hydrogens is 216 g/mol. The Balaban J connectivity index is 3.38. The summed E-state index contributed by atoms with van der Waals surface area (Å²) in [6.07, 6.45) is 0. The summed E-state index contributed by atoms with van der Waals surface area (Å²) < 4.78 is 4.72. The molecule has 0 saturated carbocycles. The highest BCUT2D eigenvalue weighted by atomic mass is 35.9. The Morgan fingerprint density at radius 3 is 2.70 bits per heavy atom. The average Bonchev–Trinajstić information content (AvgIpc) is 1.78. The lowest BCUT2D eigenvalue weighted by molar-refractivity contribution is 0.377. The molecule has 0 saturated heterocycles. The van der Waals surface area contributed by atoms with Gasteiger partial charge in [0.1, 0.15) is 0 Å². The van der Waals surface area contributed by atoms with Gasteiger partial charge in [-0.2, -0.15) is 0 Å². The zero-order valence-corrected chi connectivity index (χ0v) is 8.00. The minimum atomic E-state index is -2.61. The Kier molecular flexibility index (Phi) is 5.45. The lowest BCUT2D eigenvalue weighted by Crippen LogP contribution is -1.89. The monoisotopic (exact) mass is 219 g/mol. The molecule has 0 bridgehead atoms. The topological polar surface area (TPSA) is 58.0 Å². The van der Waals surface area contributed by atoms with Crippen LogP contribution in [0.5, 0.6) is 0 Å². The first-order chi connectivity index (χ1) is 4.56. The molecule has 0 N–H and O–H groups in total. The first-order valence-corrected chi connectivity index (χ1v) is 6.74. The van der Waals surface area contributed by atoms with E-state index in [1.54, 1.807) is 0 Å². The Morgan fingerprint density at radius 2 is 2.30 bits per heavy atom. The van der Waals surface area contributed by atoms with Crippen molar-refractivity contribution in [2.75, 3.05) is 13.2 Å². The van der Waals surface area contributed by atoms with Crippen LogP contribution in [0.25, 0.3) is 10.4 Å². The summed E-state index contributed by atoms with van der Waals surface area (Å²) in [7, 11) is 0. The zero-order chi connectivity index (χ0) is 8.04. The van der Waals surface area contributed by atoms with Gasteiger partial charge in [-0.25, -0.2) is 0 Å². The maximum absolute atomic E-state index is 7.82. The lowest BCUT2D eigenvalue weighted by Gasteiger charge is -2.03. The molecular formula is C2H4Cl2N3OPS. The van der Waals surface area contributed by atoms with Crippen LogP contribution in [-0.2, 0) is 16.3 Å². The molecule has 0 spiro atoms. The molecule has 0 unspecified atom stereocenters. The molecule has 0 aromatic heterocycles. The smallest absolute Gasteiger partial charge is 0.240 e. The molecule has 0 amide bonds. The van der Waals surface area contributed by atoms with Gasteiger partial charge in [-0.15, -0.1) is 0 Å². The van der Waals surface area contributed by atoms with E-state index < -0.39 is 4.97 Å². The third-order valence-corrected chi connectivity index (χ3v) is 1.88. The molecule has 0 aliphatic heterocycles. The van der Waals surface area contributed by atoms with Gasteiger partial charge in [-0.05, 0) is 39.8 Å². The molecule has 0 aliphatic rings. The molecule has 0 fully saturated rings. The van der Waals surface area contributed by atoms with Crippen LogP contribution in [0.15, 0.2) is 5.11 Å². The summed E-state index contributed by atoms with van der Waals surface area (Å²) in [6, 6.07) is 0. The minimum Gasteiger partial charge on any atom is -0.327 e. The van der Waals surface area contributed by atoms with Crippen LogP contribution in [0.1, 0.15) is 0 Å². The van der Waals surface area contributed by atoms with Crippen molar-refractivity contribution in [1.29, 1.82) is 0 Å². The predicted molar refractivity (Wildman–Crippen MR) is 46.0 cm³/mol. The van der Waals surface area contributed by atoms with Gasteiger partial charge in [0.2, 0.25) is 4.97 Å². The SMILES string of the molecule is [N-]=[N+]=NCCOP(=S)(Cl)Cl. The number of hydrogen-bond donors (Lipinski definition) is 0. The molecule has 0 radical (unpaired) electrons. The van der Waals surface area contributed by atoms with E-state index in [2.05, 4.69) is 21.8 Å². The van der Waals surface area contributed by atoms with Gasteiger partial charge in [0, 0.05) is 11.5 Å². The maximum Gasteiger partial charge on any atom is 0.240 e. The highest BCUT2D eigenvalue weighted by molar-refractivity contribution is 8.36. The first kappa shape index (κ1) is 10.5. The largest absolute Gasteiger partial charge is 0.327 e. The number of hydrogen-bond acceptors (Lipinski definition) is 3. The Labute approximate surface area is 72.7 Å². The van der Waals surface area contributed by atoms with Crippen molar-refractivity contribution >= 4 is 39.3 Å². The Bertz CT molecular complexity index is 187. The van der Waals surface area contributed by atoms with Crippen molar-refractivity contribution in [2.24, 2.45) is 5.11 Å². The van der Waals surface area contributed by atoms with Gasteiger partial charge >= 0.3 is 0 Å². The van der Waals surface area contributed by atoms with E-state index in [1.165, 1.54) is 0 Å². The van der Waals surface area contributed by atoms with E-state index in [-0.39, 0.29) is 13.2 Å². The summed E-state index contributed by atoms with van der Waals surface area (Å²) in [6.45, 7) is 0.378. The van der Waals surface area contributed by atoms with E-state index in [9.17, 15) is 0 Å². The van der Waals surface area contributed by atoms with Crippen LogP contribution >= 0.6 is 27.5 Å². The van der Waals surface area contributed by atoms with E-state index >= 15 is 0 Å². The molecule has 0 heterocycles. The molecule has 0 aromatic carbocycles. The molecule has 0 aromatic rings. The fourth-order valence-corrected chi connectivity index (χ4v) is 1.16. The number of azide groups is 1. The molecule has 0 aliphatic carbocycles. The zero-order valence-electron chi connectivity index (χ0n) is 4.78. The van der Waals surface area contributed by atoms with E-state index in [4.69, 9.17) is 32.5 Å². The second-order valence-corrected chi connectivity index (χ2v) is 8.41. The second-order valence-electron chi connectivity index (χ2n) is 1.20. The van der Waals surface area contributed by atoms with Crippen LogP contribution < -0.4 is 0 Å². The summed E-state index contributed by atoms with van der Waals surface area (Å²) in [4.78, 5) is -0.119. The molecule has 58 valence electrons. The Hall–Kier alpha value is 0.500. The molecule has 10 heavy (non-hydrogen) atoms. The van der Waals surface area contributed by atoms with E-state index in [0.717, 1.165) is 0 Å². The van der Waals surface area contributed by atoms with Crippen LogP contribution in [0.3, 0.4) is 0 Å². The predicted octanol–water partition coefficient (Wildman–Crippen LogP) is 3.02. The Morgan fingerprint density at radius 1 is 1.70 bits per heavy atom. The molecule has 4 nitrogen and oxygen atoms in total. The van der Waals surface area contributed by atoms with Crippen molar-refractivity contribution < 1.29 is 4.52 Å². The normalized spacial score (nSPS) is 10.6. The maximum atomic E-state index is 7.82. The molecule has 0 atom stereocenters. The molecule has 0 rings (SSSR count). The average molecular weight is 220 g/mol. The van der Waals surface area contributed by atoms with Gasteiger partial charge in [0.25, 0.3) is 0 Å². The van der Waals surface area contributed by atoms with Gasteiger partial charge in [0.05, 0.1) is 6.61 Å².